The highest BCUT2D eigenvalue weighted by Crippen LogP contribution is 2.22. The quantitative estimate of drug-likeness (QED) is 0.653. The molecule has 0 atom stereocenters. The van der Waals surface area contributed by atoms with Crippen molar-refractivity contribution in [1.82, 2.24) is 0 Å². The van der Waals surface area contributed by atoms with Gasteiger partial charge in [-0.1, -0.05) is 64.1 Å². The zero-order valence-electron chi connectivity index (χ0n) is 14.0. The summed E-state index contributed by atoms with van der Waals surface area (Å²) in [4.78, 5) is 0. The average molecular weight is 280 g/mol. The van der Waals surface area contributed by atoms with Gasteiger partial charge in [-0.15, -0.1) is 0 Å². The van der Waals surface area contributed by atoms with Crippen LogP contribution < -0.4 is 0 Å². The first kappa shape index (κ1) is 15.8. The minimum atomic E-state index is 1.08. The predicted octanol–water partition coefficient (Wildman–Crippen LogP) is 5.53. The molecule has 0 saturated heterocycles. The molecule has 0 fully saturated rings. The fourth-order valence-electron chi connectivity index (χ4n) is 3.02. The lowest BCUT2D eigenvalue weighted by molar-refractivity contribution is 0.998. The number of benzene rings is 2. The Labute approximate surface area is 130 Å². The zero-order valence-corrected chi connectivity index (χ0v) is 14.0. The number of hydrogen-bond acceptors (Lipinski definition) is 0. The van der Waals surface area contributed by atoms with Gasteiger partial charge < -0.3 is 0 Å². The molecule has 2 aromatic rings. The van der Waals surface area contributed by atoms with Crippen molar-refractivity contribution in [2.75, 3.05) is 0 Å². The molecule has 2 rings (SSSR count). The summed E-state index contributed by atoms with van der Waals surface area (Å²) in [6, 6.07) is 14.0. The molecule has 0 unspecified atom stereocenters. The highest BCUT2D eigenvalue weighted by Gasteiger charge is 2.07. The molecule has 21 heavy (non-hydrogen) atoms. The molecule has 2 aromatic carbocycles. The van der Waals surface area contributed by atoms with E-state index in [0.717, 1.165) is 32.1 Å². The average Bonchev–Trinajstić information content (AvgIpc) is 2.54. The first-order valence-electron chi connectivity index (χ1n) is 8.43. The third kappa shape index (κ3) is 3.75. The van der Waals surface area contributed by atoms with Gasteiger partial charge in [0.15, 0.2) is 0 Å². The normalized spacial score (nSPS) is 10.9. The van der Waals surface area contributed by atoms with Crippen LogP contribution in [0.15, 0.2) is 36.4 Å². The first-order chi connectivity index (χ1) is 10.2. The van der Waals surface area contributed by atoms with Gasteiger partial charge in [0, 0.05) is 0 Å². The molecule has 0 amide bonds. The Morgan fingerprint density at radius 3 is 1.29 bits per heavy atom. The van der Waals surface area contributed by atoms with Crippen LogP contribution in [0, 0.1) is 0 Å². The van der Waals surface area contributed by atoms with E-state index in [1.54, 1.807) is 0 Å². The Kier molecular flexibility index (Phi) is 5.61. The second kappa shape index (κ2) is 7.45. The van der Waals surface area contributed by atoms with Gasteiger partial charge in [-0.25, -0.2) is 0 Å². The molecule has 0 heteroatoms. The van der Waals surface area contributed by atoms with Crippen LogP contribution in [0.25, 0.3) is 0 Å². The van der Waals surface area contributed by atoms with Crippen LogP contribution in [-0.2, 0) is 32.1 Å². The van der Waals surface area contributed by atoms with Crippen molar-refractivity contribution in [1.29, 1.82) is 0 Å². The van der Waals surface area contributed by atoms with Gasteiger partial charge in [0.05, 0.1) is 0 Å². The van der Waals surface area contributed by atoms with E-state index in [-0.39, 0.29) is 0 Å². The van der Waals surface area contributed by atoms with Crippen molar-refractivity contribution < 1.29 is 0 Å². The molecule has 0 aromatic heterocycles. The minimum absolute atomic E-state index is 1.08. The second-order valence-corrected chi connectivity index (χ2v) is 5.80. The molecule has 112 valence electrons. The highest BCUT2D eigenvalue weighted by molar-refractivity contribution is 5.40. The van der Waals surface area contributed by atoms with Gasteiger partial charge in [-0.2, -0.15) is 0 Å². The monoisotopic (exact) mass is 280 g/mol. The summed E-state index contributed by atoms with van der Waals surface area (Å²) in [5, 5.41) is 0. The maximum Gasteiger partial charge on any atom is -0.00201 e. The van der Waals surface area contributed by atoms with E-state index < -0.39 is 0 Å². The number of aryl methyl sites for hydroxylation is 4. The Bertz CT molecular complexity index is 539. The fourth-order valence-corrected chi connectivity index (χ4v) is 3.02. The lowest BCUT2D eigenvalue weighted by Gasteiger charge is -2.14. The largest absolute Gasteiger partial charge is 0.0613 e. The summed E-state index contributed by atoms with van der Waals surface area (Å²) >= 11 is 0. The Morgan fingerprint density at radius 2 is 0.952 bits per heavy atom. The van der Waals surface area contributed by atoms with E-state index in [1.165, 1.54) is 33.4 Å². The molecule has 0 bridgehead atoms. The van der Waals surface area contributed by atoms with E-state index in [0.29, 0.717) is 0 Å². The predicted molar refractivity (Wildman–Crippen MR) is 93.2 cm³/mol. The lowest BCUT2D eigenvalue weighted by atomic mass is 9.91. The third-order valence-corrected chi connectivity index (χ3v) is 4.50. The van der Waals surface area contributed by atoms with E-state index in [4.69, 9.17) is 0 Å². The molecular weight excluding hydrogens is 252 g/mol. The molecule has 0 aliphatic carbocycles. The molecular formula is C21H28. The van der Waals surface area contributed by atoms with Crippen LogP contribution in [0.5, 0.6) is 0 Å². The summed E-state index contributed by atoms with van der Waals surface area (Å²) in [5.74, 6) is 0. The van der Waals surface area contributed by atoms with Crippen LogP contribution in [-0.4, -0.2) is 0 Å². The summed E-state index contributed by atoms with van der Waals surface area (Å²) in [5.41, 5.74) is 8.92. The standard InChI is InChI=1S/C21H28/c1-5-16-9-11-18(7-3)20(13-16)15-21-14-17(6-2)10-12-19(21)8-4/h9-14H,5-8,15H2,1-4H3. The van der Waals surface area contributed by atoms with Gasteiger partial charge >= 0.3 is 0 Å². The molecule has 0 nitrogen and oxygen atoms in total. The molecule has 0 aliphatic heterocycles. The van der Waals surface area contributed by atoms with E-state index in [2.05, 4.69) is 64.1 Å². The van der Waals surface area contributed by atoms with Crippen molar-refractivity contribution in [3.8, 4) is 0 Å². The van der Waals surface area contributed by atoms with Crippen LogP contribution in [0.3, 0.4) is 0 Å². The third-order valence-electron chi connectivity index (χ3n) is 4.50. The molecule has 0 spiro atoms. The fraction of sp³-hybridized carbons (Fsp3) is 0.429. The van der Waals surface area contributed by atoms with Crippen molar-refractivity contribution >= 4 is 0 Å². The van der Waals surface area contributed by atoms with E-state index in [1.807, 2.05) is 0 Å². The summed E-state index contributed by atoms with van der Waals surface area (Å²) in [6.07, 6.45) is 5.55. The van der Waals surface area contributed by atoms with Gasteiger partial charge in [0.1, 0.15) is 0 Å². The highest BCUT2D eigenvalue weighted by atomic mass is 14.1. The number of rotatable bonds is 6. The summed E-state index contributed by atoms with van der Waals surface area (Å²) < 4.78 is 0. The zero-order chi connectivity index (χ0) is 15.2. The second-order valence-electron chi connectivity index (χ2n) is 5.80. The van der Waals surface area contributed by atoms with Crippen molar-refractivity contribution in [2.45, 2.75) is 59.8 Å². The van der Waals surface area contributed by atoms with Crippen molar-refractivity contribution in [2.24, 2.45) is 0 Å². The van der Waals surface area contributed by atoms with Crippen LogP contribution in [0.4, 0.5) is 0 Å². The minimum Gasteiger partial charge on any atom is -0.0613 e. The summed E-state index contributed by atoms with van der Waals surface area (Å²) in [7, 11) is 0. The molecule has 0 aliphatic rings. The molecule has 0 N–H and O–H groups in total. The van der Waals surface area contributed by atoms with Gasteiger partial charge in [0.25, 0.3) is 0 Å². The van der Waals surface area contributed by atoms with Gasteiger partial charge in [0.2, 0.25) is 0 Å². The molecule has 0 heterocycles. The van der Waals surface area contributed by atoms with Crippen LogP contribution >= 0.6 is 0 Å². The van der Waals surface area contributed by atoms with Crippen LogP contribution in [0.1, 0.15) is 61.1 Å². The maximum absolute atomic E-state index is 2.41. The smallest absolute Gasteiger partial charge is 0.00201 e. The Balaban J connectivity index is 2.40. The first-order valence-corrected chi connectivity index (χ1v) is 8.43. The van der Waals surface area contributed by atoms with E-state index >= 15 is 0 Å². The van der Waals surface area contributed by atoms with Crippen molar-refractivity contribution in [3.05, 3.63) is 69.8 Å². The van der Waals surface area contributed by atoms with Gasteiger partial charge in [-0.3, -0.25) is 0 Å². The number of hydrogen-bond donors (Lipinski definition) is 0. The SMILES string of the molecule is CCc1ccc(CC)c(Cc2cc(CC)ccc2CC)c1. The van der Waals surface area contributed by atoms with Crippen LogP contribution in [0.2, 0.25) is 0 Å². The van der Waals surface area contributed by atoms with Crippen molar-refractivity contribution in [3.63, 3.8) is 0 Å². The van der Waals surface area contributed by atoms with E-state index in [9.17, 15) is 0 Å². The Hall–Kier alpha value is -1.56. The Morgan fingerprint density at radius 1 is 0.524 bits per heavy atom. The maximum atomic E-state index is 2.41. The topological polar surface area (TPSA) is 0 Å². The molecule has 0 radical (unpaired) electrons. The lowest BCUT2D eigenvalue weighted by Crippen LogP contribution is -2.00. The summed E-state index contributed by atoms with van der Waals surface area (Å²) in [6.45, 7) is 8.99. The molecule has 0 saturated carbocycles. The van der Waals surface area contributed by atoms with Gasteiger partial charge in [-0.05, 0) is 65.5 Å².